The number of carbonyl (C=O) groups excluding carboxylic acids is 1. The van der Waals surface area contributed by atoms with Crippen molar-refractivity contribution in [2.24, 2.45) is 0 Å². The van der Waals surface area contributed by atoms with E-state index in [9.17, 15) is 4.79 Å². The van der Waals surface area contributed by atoms with Gasteiger partial charge in [0.05, 0.1) is 18.1 Å². The van der Waals surface area contributed by atoms with Crippen LogP contribution in [0.5, 0.6) is 5.75 Å². The maximum Gasteiger partial charge on any atom is 0.174 e. The van der Waals surface area contributed by atoms with E-state index < -0.39 is 0 Å². The van der Waals surface area contributed by atoms with Gasteiger partial charge in [0.1, 0.15) is 5.75 Å². The molecule has 0 bridgehead atoms. The number of rotatable bonds is 1. The number of aryl methyl sites for hydroxylation is 2. The van der Waals surface area contributed by atoms with Crippen LogP contribution in [0.3, 0.4) is 0 Å². The van der Waals surface area contributed by atoms with Gasteiger partial charge < -0.3 is 4.74 Å². The average Bonchev–Trinajstić information content (AvgIpc) is 2.59. The van der Waals surface area contributed by atoms with Crippen LogP contribution in [0.25, 0.3) is 0 Å². The third kappa shape index (κ3) is 2.22. The van der Waals surface area contributed by atoms with Gasteiger partial charge in [0.25, 0.3) is 0 Å². The first-order chi connectivity index (χ1) is 9.66. The number of hydrogen-bond donors (Lipinski definition) is 0. The Bertz CT molecular complexity index is 658. The molecule has 0 N–H and O–H groups in total. The van der Waals surface area contributed by atoms with Crippen LogP contribution in [0.15, 0.2) is 42.5 Å². The van der Waals surface area contributed by atoms with E-state index in [0.717, 1.165) is 23.3 Å². The second-order valence-electron chi connectivity index (χ2n) is 5.41. The maximum absolute atomic E-state index is 12.8. The van der Waals surface area contributed by atoms with Gasteiger partial charge in [0, 0.05) is 0 Å². The highest BCUT2D eigenvalue weighted by Gasteiger charge is 2.28. The Morgan fingerprint density at radius 1 is 1.10 bits per heavy atom. The summed E-state index contributed by atoms with van der Waals surface area (Å²) in [6.07, 6.45) is 0.734. The molecule has 0 saturated carbocycles. The molecule has 0 aromatic heterocycles. The molecule has 0 fully saturated rings. The summed E-state index contributed by atoms with van der Waals surface area (Å²) < 4.78 is 5.77. The lowest BCUT2D eigenvalue weighted by Crippen LogP contribution is -2.13. The number of fused-ring (bicyclic) bond motifs is 1. The quantitative estimate of drug-likeness (QED) is 0.778. The molecular weight excluding hydrogens is 248 g/mol. The van der Waals surface area contributed by atoms with Gasteiger partial charge >= 0.3 is 0 Å². The fourth-order valence-electron chi connectivity index (χ4n) is 2.83. The van der Waals surface area contributed by atoms with Gasteiger partial charge in [-0.25, -0.2) is 0 Å². The van der Waals surface area contributed by atoms with Gasteiger partial charge in [-0.2, -0.15) is 0 Å². The number of Topliss-reactive ketones (excluding diaryl/α,β-unsaturated/α-hetero) is 1. The highest BCUT2D eigenvalue weighted by atomic mass is 16.5. The van der Waals surface area contributed by atoms with Crippen LogP contribution in [0, 0.1) is 13.8 Å². The highest BCUT2D eigenvalue weighted by molar-refractivity contribution is 6.03. The molecule has 0 aliphatic carbocycles. The molecule has 1 heterocycles. The molecule has 0 amide bonds. The zero-order valence-corrected chi connectivity index (χ0v) is 11.8. The molecule has 2 nitrogen and oxygen atoms in total. The van der Waals surface area contributed by atoms with Crippen molar-refractivity contribution >= 4 is 5.78 Å². The first kappa shape index (κ1) is 12.9. The molecule has 2 heteroatoms. The molecule has 102 valence electrons. The van der Waals surface area contributed by atoms with E-state index in [1.54, 1.807) is 0 Å². The Labute approximate surface area is 119 Å². The lowest BCUT2D eigenvalue weighted by atomic mass is 9.86. The number of ether oxygens (including phenoxy) is 1. The molecule has 3 rings (SSSR count). The lowest BCUT2D eigenvalue weighted by Gasteiger charge is -2.15. The molecule has 2 aromatic rings. The van der Waals surface area contributed by atoms with Crippen LogP contribution in [-0.4, -0.2) is 12.4 Å². The van der Waals surface area contributed by atoms with Crippen LogP contribution in [0.4, 0.5) is 0 Å². The van der Waals surface area contributed by atoms with Crippen LogP contribution in [-0.2, 0) is 0 Å². The van der Waals surface area contributed by atoms with Crippen LogP contribution in [0.2, 0.25) is 0 Å². The van der Waals surface area contributed by atoms with E-state index in [4.69, 9.17) is 4.74 Å². The van der Waals surface area contributed by atoms with Crippen LogP contribution >= 0.6 is 0 Å². The van der Waals surface area contributed by atoms with Gasteiger partial charge in [-0.3, -0.25) is 4.79 Å². The fraction of sp³-hybridized carbons (Fsp3) is 0.278. The molecule has 0 saturated heterocycles. The minimum Gasteiger partial charge on any atom is -0.493 e. The molecule has 20 heavy (non-hydrogen) atoms. The molecule has 1 aliphatic rings. The van der Waals surface area contributed by atoms with Crippen molar-refractivity contribution in [3.8, 4) is 5.75 Å². The summed E-state index contributed by atoms with van der Waals surface area (Å²) in [4.78, 5) is 12.8. The Morgan fingerprint density at radius 3 is 2.70 bits per heavy atom. The zero-order valence-electron chi connectivity index (χ0n) is 11.8. The monoisotopic (exact) mass is 266 g/mol. The largest absolute Gasteiger partial charge is 0.493 e. The summed E-state index contributed by atoms with van der Waals surface area (Å²) in [5.74, 6) is 0.804. The van der Waals surface area contributed by atoms with Gasteiger partial charge in [-0.1, -0.05) is 30.3 Å². The molecule has 1 aliphatic heterocycles. The van der Waals surface area contributed by atoms with Crippen LogP contribution in [0.1, 0.15) is 39.4 Å². The summed E-state index contributed by atoms with van der Waals surface area (Å²) in [7, 11) is 0. The first-order valence-corrected chi connectivity index (χ1v) is 7.00. The van der Waals surface area contributed by atoms with E-state index in [-0.39, 0.29) is 11.7 Å². The highest BCUT2D eigenvalue weighted by Crippen LogP contribution is 2.34. The summed E-state index contributed by atoms with van der Waals surface area (Å²) in [6.45, 7) is 4.66. The maximum atomic E-state index is 12.8. The smallest absolute Gasteiger partial charge is 0.174 e. The average molecular weight is 266 g/mol. The van der Waals surface area contributed by atoms with Gasteiger partial charge in [0.2, 0.25) is 0 Å². The SMILES string of the molecule is Cc1ccc2c(c1)OCCC(c1ccccc1C)C2=O. The number of carbonyl (C=O) groups is 1. The fourth-order valence-corrected chi connectivity index (χ4v) is 2.83. The van der Waals surface area contributed by atoms with Gasteiger partial charge in [-0.05, 0) is 49.1 Å². The zero-order chi connectivity index (χ0) is 14.1. The van der Waals surface area contributed by atoms with Crippen LogP contribution < -0.4 is 4.74 Å². The molecule has 0 spiro atoms. The Hall–Kier alpha value is -2.09. The van der Waals surface area contributed by atoms with E-state index in [0.29, 0.717) is 12.2 Å². The minimum absolute atomic E-state index is 0.0971. The van der Waals surface area contributed by atoms with Gasteiger partial charge in [-0.15, -0.1) is 0 Å². The third-order valence-corrected chi connectivity index (χ3v) is 3.95. The van der Waals surface area contributed by atoms with E-state index >= 15 is 0 Å². The van der Waals surface area contributed by atoms with E-state index in [1.165, 1.54) is 5.56 Å². The molecule has 1 unspecified atom stereocenters. The van der Waals surface area contributed by atoms with Crippen molar-refractivity contribution in [3.05, 3.63) is 64.7 Å². The molecular formula is C18H18O2. The number of ketones is 1. The number of benzene rings is 2. The normalized spacial score (nSPS) is 18.1. The second kappa shape index (κ2) is 5.12. The minimum atomic E-state index is -0.0971. The third-order valence-electron chi connectivity index (χ3n) is 3.95. The first-order valence-electron chi connectivity index (χ1n) is 7.00. The molecule has 1 atom stereocenters. The van der Waals surface area contributed by atoms with Crippen molar-refractivity contribution in [3.63, 3.8) is 0 Å². The van der Waals surface area contributed by atoms with E-state index in [2.05, 4.69) is 19.1 Å². The van der Waals surface area contributed by atoms with Crippen molar-refractivity contribution < 1.29 is 9.53 Å². The van der Waals surface area contributed by atoms with E-state index in [1.807, 2.05) is 37.3 Å². The van der Waals surface area contributed by atoms with Crippen molar-refractivity contribution in [2.45, 2.75) is 26.2 Å². The molecule has 0 radical (unpaired) electrons. The van der Waals surface area contributed by atoms with Crippen molar-refractivity contribution in [2.75, 3.05) is 6.61 Å². The number of hydrogen-bond acceptors (Lipinski definition) is 2. The molecule has 2 aromatic carbocycles. The van der Waals surface area contributed by atoms with Gasteiger partial charge in [0.15, 0.2) is 5.78 Å². The summed E-state index contributed by atoms with van der Waals surface area (Å²) >= 11 is 0. The topological polar surface area (TPSA) is 26.3 Å². The van der Waals surface area contributed by atoms with Crippen molar-refractivity contribution in [1.29, 1.82) is 0 Å². The van der Waals surface area contributed by atoms with Crippen molar-refractivity contribution in [1.82, 2.24) is 0 Å². The Kier molecular flexibility index (Phi) is 3.31. The summed E-state index contributed by atoms with van der Waals surface area (Å²) in [6, 6.07) is 13.9. The Balaban J connectivity index is 2.05. The predicted octanol–water partition coefficient (Wildman–Crippen LogP) is 4.05. The predicted molar refractivity (Wildman–Crippen MR) is 79.5 cm³/mol. The summed E-state index contributed by atoms with van der Waals surface area (Å²) in [5, 5.41) is 0. The lowest BCUT2D eigenvalue weighted by molar-refractivity contribution is 0.0958. The summed E-state index contributed by atoms with van der Waals surface area (Å²) in [5.41, 5.74) is 4.11. The Morgan fingerprint density at radius 2 is 1.90 bits per heavy atom. The standard InChI is InChI=1S/C18H18O2/c1-12-7-8-16-17(11-12)20-10-9-15(18(16)19)14-6-4-3-5-13(14)2/h3-8,11,15H,9-10H2,1-2H3. The second-order valence-corrected chi connectivity index (χ2v) is 5.41.